The lowest BCUT2D eigenvalue weighted by molar-refractivity contribution is 0.580. The van der Waals surface area contributed by atoms with Crippen molar-refractivity contribution in [2.24, 2.45) is 0 Å². The molecule has 82 valence electrons. The monoisotopic (exact) mass is 257 g/mol. The van der Waals surface area contributed by atoms with E-state index in [0.717, 1.165) is 12.4 Å². The average Bonchev–Trinajstić information content (AvgIpc) is 2.24. The van der Waals surface area contributed by atoms with Gasteiger partial charge in [-0.1, -0.05) is 29.3 Å². The van der Waals surface area contributed by atoms with Gasteiger partial charge in [0.1, 0.15) is 12.1 Å². The van der Waals surface area contributed by atoms with E-state index in [-0.39, 0.29) is 0 Å². The van der Waals surface area contributed by atoms with Gasteiger partial charge in [0.05, 0.1) is 15.7 Å². The van der Waals surface area contributed by atoms with E-state index in [9.17, 15) is 4.39 Å². The lowest BCUT2D eigenvalue weighted by Gasteiger charge is -2.08. The molecule has 3 nitrogen and oxygen atoms in total. The molecule has 0 saturated heterocycles. The van der Waals surface area contributed by atoms with Gasteiger partial charge in [0.2, 0.25) is 5.95 Å². The van der Waals surface area contributed by atoms with Crippen LogP contribution in [0.25, 0.3) is 0 Å². The van der Waals surface area contributed by atoms with Gasteiger partial charge in [-0.2, -0.15) is 4.39 Å². The van der Waals surface area contributed by atoms with Crippen LogP contribution < -0.4 is 5.32 Å². The molecule has 0 bridgehead atoms. The molecule has 16 heavy (non-hydrogen) atoms. The highest BCUT2D eigenvalue weighted by Crippen LogP contribution is 2.31. The predicted molar refractivity (Wildman–Crippen MR) is 61.7 cm³/mol. The first-order valence-corrected chi connectivity index (χ1v) is 5.11. The molecule has 6 heteroatoms. The molecular formula is C10H6Cl2FN3. The summed E-state index contributed by atoms with van der Waals surface area (Å²) in [6.45, 7) is 0. The summed E-state index contributed by atoms with van der Waals surface area (Å²) >= 11 is 11.9. The van der Waals surface area contributed by atoms with Gasteiger partial charge in [0, 0.05) is 6.07 Å². The molecule has 1 aromatic carbocycles. The first-order chi connectivity index (χ1) is 7.66. The van der Waals surface area contributed by atoms with Gasteiger partial charge in [-0.15, -0.1) is 0 Å². The van der Waals surface area contributed by atoms with Crippen LogP contribution in [0.5, 0.6) is 0 Å². The number of hydrogen-bond donors (Lipinski definition) is 1. The Kier molecular flexibility index (Phi) is 3.22. The maximum Gasteiger partial charge on any atom is 0.218 e. The van der Waals surface area contributed by atoms with E-state index in [1.54, 1.807) is 18.2 Å². The van der Waals surface area contributed by atoms with Crippen LogP contribution in [0.1, 0.15) is 0 Å². The normalized spacial score (nSPS) is 10.2. The summed E-state index contributed by atoms with van der Waals surface area (Å²) in [6, 6.07) is 6.22. The summed E-state index contributed by atoms with van der Waals surface area (Å²) in [5, 5.41) is 3.70. The van der Waals surface area contributed by atoms with Crippen molar-refractivity contribution in [1.82, 2.24) is 9.97 Å². The Hall–Kier alpha value is -1.39. The Morgan fingerprint density at radius 3 is 2.44 bits per heavy atom. The van der Waals surface area contributed by atoms with Crippen LogP contribution in [-0.2, 0) is 0 Å². The number of anilines is 2. The summed E-state index contributed by atoms with van der Waals surface area (Å²) in [7, 11) is 0. The lowest BCUT2D eigenvalue weighted by Crippen LogP contribution is -1.96. The molecule has 1 N–H and O–H groups in total. The quantitative estimate of drug-likeness (QED) is 0.835. The minimum atomic E-state index is -0.624. The van der Waals surface area contributed by atoms with Crippen LogP contribution in [0.2, 0.25) is 10.0 Å². The van der Waals surface area contributed by atoms with Crippen molar-refractivity contribution in [1.29, 1.82) is 0 Å². The third kappa shape index (κ3) is 2.40. The number of para-hydroxylation sites is 1. The second-order valence-electron chi connectivity index (χ2n) is 2.95. The highest BCUT2D eigenvalue weighted by atomic mass is 35.5. The largest absolute Gasteiger partial charge is 0.338 e. The zero-order valence-electron chi connectivity index (χ0n) is 7.92. The van der Waals surface area contributed by atoms with Crippen molar-refractivity contribution >= 4 is 34.7 Å². The van der Waals surface area contributed by atoms with E-state index < -0.39 is 5.95 Å². The highest BCUT2D eigenvalue weighted by Gasteiger charge is 2.06. The van der Waals surface area contributed by atoms with Gasteiger partial charge >= 0.3 is 0 Å². The summed E-state index contributed by atoms with van der Waals surface area (Å²) in [5.74, 6) is -0.330. The standard InChI is InChI=1S/C10H6Cl2FN3/c11-6-2-1-3-7(12)10(6)16-9-4-8(13)14-5-15-9/h1-5H,(H,14,15,16). The van der Waals surface area contributed by atoms with E-state index in [4.69, 9.17) is 23.2 Å². The molecule has 0 aliphatic heterocycles. The Bertz CT molecular complexity index is 499. The fraction of sp³-hybridized carbons (Fsp3) is 0. The number of nitrogens with one attached hydrogen (secondary N) is 1. The van der Waals surface area contributed by atoms with Crippen molar-refractivity contribution in [3.63, 3.8) is 0 Å². The van der Waals surface area contributed by atoms with Gasteiger partial charge in [0.15, 0.2) is 0 Å². The molecule has 2 rings (SSSR count). The third-order valence-electron chi connectivity index (χ3n) is 1.85. The highest BCUT2D eigenvalue weighted by molar-refractivity contribution is 6.39. The number of halogens is 3. The fourth-order valence-electron chi connectivity index (χ4n) is 1.15. The van der Waals surface area contributed by atoms with E-state index in [1.807, 2.05) is 0 Å². The molecule has 0 aliphatic rings. The molecular weight excluding hydrogens is 252 g/mol. The third-order valence-corrected chi connectivity index (χ3v) is 2.48. The van der Waals surface area contributed by atoms with Crippen LogP contribution in [0, 0.1) is 5.95 Å². The molecule has 0 aliphatic carbocycles. The van der Waals surface area contributed by atoms with E-state index in [0.29, 0.717) is 21.6 Å². The molecule has 0 unspecified atom stereocenters. The van der Waals surface area contributed by atoms with Gasteiger partial charge in [0.25, 0.3) is 0 Å². The smallest absolute Gasteiger partial charge is 0.218 e. The van der Waals surface area contributed by atoms with Crippen molar-refractivity contribution in [2.75, 3.05) is 5.32 Å². The zero-order valence-corrected chi connectivity index (χ0v) is 9.43. The van der Waals surface area contributed by atoms with Crippen LogP contribution in [0.4, 0.5) is 15.9 Å². The topological polar surface area (TPSA) is 37.8 Å². The number of benzene rings is 1. The van der Waals surface area contributed by atoms with Gasteiger partial charge in [-0.25, -0.2) is 9.97 Å². The van der Waals surface area contributed by atoms with Gasteiger partial charge in [-0.3, -0.25) is 0 Å². The van der Waals surface area contributed by atoms with Gasteiger partial charge in [-0.05, 0) is 12.1 Å². The van der Waals surface area contributed by atoms with Crippen LogP contribution in [0.15, 0.2) is 30.6 Å². The Morgan fingerprint density at radius 1 is 1.12 bits per heavy atom. The predicted octanol–water partition coefficient (Wildman–Crippen LogP) is 3.67. The SMILES string of the molecule is Fc1cc(Nc2c(Cl)cccc2Cl)ncn1. The molecule has 0 radical (unpaired) electrons. The molecule has 1 heterocycles. The van der Waals surface area contributed by atoms with Crippen molar-refractivity contribution in [2.45, 2.75) is 0 Å². The van der Waals surface area contributed by atoms with Crippen molar-refractivity contribution < 1.29 is 4.39 Å². The van der Waals surface area contributed by atoms with Gasteiger partial charge < -0.3 is 5.32 Å². The van der Waals surface area contributed by atoms with Crippen molar-refractivity contribution in [3.8, 4) is 0 Å². The second kappa shape index (κ2) is 4.63. The minimum Gasteiger partial charge on any atom is -0.338 e. The minimum absolute atomic E-state index is 0.294. The molecule has 0 amide bonds. The van der Waals surface area contributed by atoms with E-state index in [2.05, 4.69) is 15.3 Å². The maximum absolute atomic E-state index is 12.8. The average molecular weight is 258 g/mol. The van der Waals surface area contributed by atoms with E-state index >= 15 is 0 Å². The summed E-state index contributed by atoms with van der Waals surface area (Å²) < 4.78 is 12.8. The zero-order chi connectivity index (χ0) is 11.5. The number of rotatable bonds is 2. The number of aromatic nitrogens is 2. The lowest BCUT2D eigenvalue weighted by atomic mass is 10.3. The number of hydrogen-bond acceptors (Lipinski definition) is 3. The molecule has 0 atom stereocenters. The fourth-order valence-corrected chi connectivity index (χ4v) is 1.64. The molecule has 0 spiro atoms. The molecule has 2 aromatic rings. The van der Waals surface area contributed by atoms with E-state index in [1.165, 1.54) is 0 Å². The summed E-state index contributed by atoms with van der Waals surface area (Å²) in [5.41, 5.74) is 0.490. The summed E-state index contributed by atoms with van der Waals surface area (Å²) in [4.78, 5) is 7.18. The van der Waals surface area contributed by atoms with Crippen molar-refractivity contribution in [3.05, 3.63) is 46.6 Å². The first kappa shape index (κ1) is 11.1. The second-order valence-corrected chi connectivity index (χ2v) is 3.76. The Labute approximate surface area is 101 Å². The molecule has 0 saturated carbocycles. The number of nitrogens with zero attached hydrogens (tertiary/aromatic N) is 2. The Balaban J connectivity index is 2.34. The molecule has 0 fully saturated rings. The molecule has 1 aromatic heterocycles. The first-order valence-electron chi connectivity index (χ1n) is 4.35. The maximum atomic E-state index is 12.8. The van der Waals surface area contributed by atoms with Crippen LogP contribution >= 0.6 is 23.2 Å². The Morgan fingerprint density at radius 2 is 1.81 bits per heavy atom. The van der Waals surface area contributed by atoms with Crippen LogP contribution in [0.3, 0.4) is 0 Å². The van der Waals surface area contributed by atoms with Crippen LogP contribution in [-0.4, -0.2) is 9.97 Å². The summed E-state index contributed by atoms with van der Waals surface area (Å²) in [6.07, 6.45) is 1.11.